The molecule has 1 saturated carbocycles. The quantitative estimate of drug-likeness (QED) is 0.643. The van der Waals surface area contributed by atoms with Gasteiger partial charge < -0.3 is 10.6 Å². The first-order valence-corrected chi connectivity index (χ1v) is 7.95. The largest absolute Gasteiger partial charge is 0.384 e. The highest BCUT2D eigenvalue weighted by Gasteiger charge is 2.34. The van der Waals surface area contributed by atoms with E-state index < -0.39 is 0 Å². The van der Waals surface area contributed by atoms with Crippen LogP contribution < -0.4 is 10.6 Å². The van der Waals surface area contributed by atoms with E-state index in [2.05, 4.69) is 4.90 Å². The molecule has 3 N–H and O–H groups in total. The standard InChI is InChI=1S/C16H22ClN3/c17-12-7-8-15(13(10-12)16(18)19)20-9-3-5-11-4-1-2-6-14(11)20/h7-8,10-11,14H,1-6,9H2,(H3,18,19). The van der Waals surface area contributed by atoms with Crippen LogP contribution in [0.3, 0.4) is 0 Å². The Bertz CT molecular complexity index is 512. The van der Waals surface area contributed by atoms with Gasteiger partial charge in [-0.05, 0) is 49.8 Å². The van der Waals surface area contributed by atoms with E-state index in [4.69, 9.17) is 22.7 Å². The molecule has 20 heavy (non-hydrogen) atoms. The fourth-order valence-electron chi connectivity index (χ4n) is 3.90. The van der Waals surface area contributed by atoms with Crippen molar-refractivity contribution in [1.82, 2.24) is 0 Å². The molecule has 1 saturated heterocycles. The molecule has 3 nitrogen and oxygen atoms in total. The third-order valence-electron chi connectivity index (χ3n) is 4.80. The van der Waals surface area contributed by atoms with Gasteiger partial charge in [0.05, 0.1) is 0 Å². The molecule has 1 aromatic rings. The summed E-state index contributed by atoms with van der Waals surface area (Å²) in [7, 11) is 0. The first-order valence-electron chi connectivity index (χ1n) is 7.57. The number of nitrogens with zero attached hydrogens (tertiary/aromatic N) is 1. The fourth-order valence-corrected chi connectivity index (χ4v) is 4.07. The minimum atomic E-state index is 0.112. The Balaban J connectivity index is 1.96. The second-order valence-electron chi connectivity index (χ2n) is 6.02. The zero-order chi connectivity index (χ0) is 14.1. The normalized spacial score (nSPS) is 26.1. The number of nitrogen functional groups attached to an aromatic ring is 1. The molecule has 3 rings (SSSR count). The molecule has 0 amide bonds. The molecule has 2 aliphatic rings. The first-order chi connectivity index (χ1) is 9.66. The summed E-state index contributed by atoms with van der Waals surface area (Å²) in [6.45, 7) is 1.07. The number of hydrogen-bond donors (Lipinski definition) is 2. The number of rotatable bonds is 2. The summed E-state index contributed by atoms with van der Waals surface area (Å²) >= 11 is 6.07. The van der Waals surface area contributed by atoms with Crippen LogP contribution in [0.4, 0.5) is 5.69 Å². The lowest BCUT2D eigenvalue weighted by Crippen LogP contribution is -2.47. The average Bonchev–Trinajstić information content (AvgIpc) is 2.46. The number of halogens is 1. The van der Waals surface area contributed by atoms with Gasteiger partial charge in [0, 0.05) is 28.9 Å². The lowest BCUT2D eigenvalue weighted by atomic mass is 9.78. The first kappa shape index (κ1) is 13.7. The second-order valence-corrected chi connectivity index (χ2v) is 6.46. The molecule has 0 aromatic heterocycles. The number of nitrogens with one attached hydrogen (secondary N) is 1. The Morgan fingerprint density at radius 1 is 1.20 bits per heavy atom. The maximum absolute atomic E-state index is 7.82. The lowest BCUT2D eigenvalue weighted by molar-refractivity contribution is 0.244. The van der Waals surface area contributed by atoms with Crippen LogP contribution in [-0.2, 0) is 0 Å². The summed E-state index contributed by atoms with van der Waals surface area (Å²) in [5, 5.41) is 8.47. The Morgan fingerprint density at radius 2 is 1.95 bits per heavy atom. The van der Waals surface area contributed by atoms with E-state index >= 15 is 0 Å². The maximum atomic E-state index is 7.82. The van der Waals surface area contributed by atoms with E-state index in [1.54, 1.807) is 0 Å². The number of piperidine rings is 1. The number of hydrogen-bond acceptors (Lipinski definition) is 2. The van der Waals surface area contributed by atoms with Crippen molar-refractivity contribution in [3.63, 3.8) is 0 Å². The molecule has 0 radical (unpaired) electrons. The van der Waals surface area contributed by atoms with Gasteiger partial charge in [-0.25, -0.2) is 0 Å². The molecule has 2 fully saturated rings. The van der Waals surface area contributed by atoms with Crippen molar-refractivity contribution in [3.05, 3.63) is 28.8 Å². The van der Waals surface area contributed by atoms with Crippen molar-refractivity contribution in [2.75, 3.05) is 11.4 Å². The monoisotopic (exact) mass is 291 g/mol. The van der Waals surface area contributed by atoms with Crippen LogP contribution in [0, 0.1) is 11.3 Å². The highest BCUT2D eigenvalue weighted by atomic mass is 35.5. The highest BCUT2D eigenvalue weighted by molar-refractivity contribution is 6.31. The van der Waals surface area contributed by atoms with E-state index in [1.165, 1.54) is 38.5 Å². The fraction of sp³-hybridized carbons (Fsp3) is 0.562. The third-order valence-corrected chi connectivity index (χ3v) is 5.04. The van der Waals surface area contributed by atoms with E-state index in [0.29, 0.717) is 11.1 Å². The molecule has 0 spiro atoms. The number of fused-ring (bicyclic) bond motifs is 1. The number of benzene rings is 1. The molecule has 1 aromatic carbocycles. The molecule has 2 atom stereocenters. The SMILES string of the molecule is N=C(N)c1cc(Cl)ccc1N1CCCC2CCCCC21. The zero-order valence-corrected chi connectivity index (χ0v) is 12.5. The summed E-state index contributed by atoms with van der Waals surface area (Å²) in [5.41, 5.74) is 7.63. The van der Waals surface area contributed by atoms with Gasteiger partial charge in [0.15, 0.2) is 0 Å². The van der Waals surface area contributed by atoms with Gasteiger partial charge in [-0.15, -0.1) is 0 Å². The van der Waals surface area contributed by atoms with E-state index in [9.17, 15) is 0 Å². The van der Waals surface area contributed by atoms with Gasteiger partial charge in [0.25, 0.3) is 0 Å². The summed E-state index contributed by atoms with van der Waals surface area (Å²) in [5.74, 6) is 0.924. The van der Waals surface area contributed by atoms with E-state index in [0.717, 1.165) is 23.7 Å². The Kier molecular flexibility index (Phi) is 3.88. The molecule has 1 heterocycles. The zero-order valence-electron chi connectivity index (χ0n) is 11.7. The Morgan fingerprint density at radius 3 is 2.75 bits per heavy atom. The minimum Gasteiger partial charge on any atom is -0.384 e. The highest BCUT2D eigenvalue weighted by Crippen LogP contribution is 2.39. The van der Waals surface area contributed by atoms with Gasteiger partial charge in [0.1, 0.15) is 5.84 Å². The van der Waals surface area contributed by atoms with Gasteiger partial charge in [-0.1, -0.05) is 24.4 Å². The maximum Gasteiger partial charge on any atom is 0.124 e. The molecule has 108 valence electrons. The van der Waals surface area contributed by atoms with Crippen molar-refractivity contribution in [3.8, 4) is 0 Å². The average molecular weight is 292 g/mol. The van der Waals surface area contributed by atoms with Gasteiger partial charge in [-0.2, -0.15) is 0 Å². The Hall–Kier alpha value is -1.22. The van der Waals surface area contributed by atoms with Gasteiger partial charge in [-0.3, -0.25) is 5.41 Å². The third kappa shape index (κ3) is 2.51. The molecule has 1 aliphatic heterocycles. The topological polar surface area (TPSA) is 53.1 Å². The summed E-state index contributed by atoms with van der Waals surface area (Å²) in [6, 6.07) is 6.40. The van der Waals surface area contributed by atoms with E-state index in [-0.39, 0.29) is 5.84 Å². The van der Waals surface area contributed by atoms with Crippen molar-refractivity contribution in [2.24, 2.45) is 11.7 Å². The second kappa shape index (κ2) is 5.65. The van der Waals surface area contributed by atoms with Crippen LogP contribution in [0.2, 0.25) is 5.02 Å². The van der Waals surface area contributed by atoms with Crippen LogP contribution in [-0.4, -0.2) is 18.4 Å². The molecular formula is C16H22ClN3. The molecule has 4 heteroatoms. The van der Waals surface area contributed by atoms with Crippen LogP contribution in [0.25, 0.3) is 0 Å². The summed E-state index contributed by atoms with van der Waals surface area (Å²) in [6.07, 6.45) is 7.90. The van der Waals surface area contributed by atoms with E-state index in [1.807, 2.05) is 18.2 Å². The number of anilines is 1. The molecular weight excluding hydrogens is 270 g/mol. The van der Waals surface area contributed by atoms with Gasteiger partial charge in [0.2, 0.25) is 0 Å². The summed E-state index contributed by atoms with van der Waals surface area (Å²) in [4.78, 5) is 2.49. The number of amidine groups is 1. The molecule has 1 aliphatic carbocycles. The molecule has 2 unspecified atom stereocenters. The lowest BCUT2D eigenvalue weighted by Gasteiger charge is -2.46. The summed E-state index contributed by atoms with van der Waals surface area (Å²) < 4.78 is 0. The van der Waals surface area contributed by atoms with Crippen LogP contribution in [0.15, 0.2) is 18.2 Å². The predicted octanol–water partition coefficient (Wildman–Crippen LogP) is 3.78. The smallest absolute Gasteiger partial charge is 0.124 e. The van der Waals surface area contributed by atoms with Crippen molar-refractivity contribution >= 4 is 23.1 Å². The van der Waals surface area contributed by atoms with Crippen molar-refractivity contribution in [1.29, 1.82) is 5.41 Å². The number of nitrogens with two attached hydrogens (primary N) is 1. The molecule has 0 bridgehead atoms. The minimum absolute atomic E-state index is 0.112. The van der Waals surface area contributed by atoms with Crippen LogP contribution >= 0.6 is 11.6 Å². The van der Waals surface area contributed by atoms with Gasteiger partial charge >= 0.3 is 0 Å². The van der Waals surface area contributed by atoms with Crippen molar-refractivity contribution < 1.29 is 0 Å². The predicted molar refractivity (Wildman–Crippen MR) is 84.8 cm³/mol. The van der Waals surface area contributed by atoms with Crippen LogP contribution in [0.1, 0.15) is 44.1 Å². The van der Waals surface area contributed by atoms with Crippen molar-refractivity contribution in [2.45, 2.75) is 44.6 Å². The van der Waals surface area contributed by atoms with Crippen LogP contribution in [0.5, 0.6) is 0 Å². The Labute approximate surface area is 125 Å².